The van der Waals surface area contributed by atoms with Gasteiger partial charge in [0.15, 0.2) is 17.4 Å². The van der Waals surface area contributed by atoms with Crippen LogP contribution in [0, 0.1) is 17.6 Å². The summed E-state index contributed by atoms with van der Waals surface area (Å²) in [5.41, 5.74) is 4.49. The molecule has 0 saturated heterocycles. The molecule has 1 aromatic carbocycles. The predicted octanol–water partition coefficient (Wildman–Crippen LogP) is 2.88. The molecule has 4 N–H and O–H groups in total. The highest BCUT2D eigenvalue weighted by Crippen LogP contribution is 2.26. The van der Waals surface area contributed by atoms with Crippen LogP contribution < -0.4 is 15.8 Å². The van der Waals surface area contributed by atoms with E-state index in [1.54, 1.807) is 18.7 Å². The number of hydrogen-bond acceptors (Lipinski definition) is 5. The number of carbonyl (C=O) groups excluding carboxylic acids is 2. The van der Waals surface area contributed by atoms with E-state index >= 15 is 0 Å². The summed E-state index contributed by atoms with van der Waals surface area (Å²) in [7, 11) is 0. The summed E-state index contributed by atoms with van der Waals surface area (Å²) in [4.78, 5) is 26.7. The smallest absolute Gasteiger partial charge is 0.250 e. The molecule has 0 aliphatic carbocycles. The van der Waals surface area contributed by atoms with Crippen LogP contribution in [0.5, 0.6) is 5.75 Å². The number of aliphatic hydroxyl groups is 1. The van der Waals surface area contributed by atoms with E-state index < -0.39 is 23.0 Å². The Hall–Kier alpha value is -3.27. The first-order valence-electron chi connectivity index (χ1n) is 10.9. The molecule has 10 heteroatoms. The van der Waals surface area contributed by atoms with Gasteiger partial charge in [-0.2, -0.15) is 4.99 Å². The lowest BCUT2D eigenvalue weighted by Gasteiger charge is -2.26. The molecule has 1 heterocycles. The molecule has 0 bridgehead atoms. The number of para-hydroxylation sites is 1. The van der Waals surface area contributed by atoms with Gasteiger partial charge in [0.05, 0.1) is 12.1 Å². The van der Waals surface area contributed by atoms with Crippen molar-refractivity contribution in [2.45, 2.75) is 52.7 Å². The number of rotatable bonds is 10. The summed E-state index contributed by atoms with van der Waals surface area (Å²) in [6, 6.07) is 3.56. The highest BCUT2D eigenvalue weighted by molar-refractivity contribution is 5.95. The van der Waals surface area contributed by atoms with E-state index in [2.05, 4.69) is 24.2 Å². The average molecular weight is 481 g/mol. The molecule has 8 nitrogen and oxygen atoms in total. The van der Waals surface area contributed by atoms with Crippen molar-refractivity contribution in [1.29, 1.82) is 0 Å². The first-order chi connectivity index (χ1) is 15.8. The number of ether oxygens (including phenoxy) is 1. The molecule has 0 spiro atoms. The number of nitrogens with one attached hydrogen (secondary N) is 1. The van der Waals surface area contributed by atoms with Gasteiger partial charge in [-0.1, -0.05) is 19.9 Å². The minimum Gasteiger partial charge on any atom is -0.453 e. The highest BCUT2D eigenvalue weighted by Gasteiger charge is 2.28. The van der Waals surface area contributed by atoms with Crippen molar-refractivity contribution in [1.82, 2.24) is 10.2 Å². The lowest BCUT2D eigenvalue weighted by atomic mass is 10.0. The first kappa shape index (κ1) is 28.8. The standard InChI is InChI=1S/C16H19F2NO2.C8H15N3O2/c1-10(2)7-11(3)19-9-12(8-15(19)20)21-16-13(17)5-4-6-14(16)18;1-8(2,13)5-10-4-3-7(9)11-6-12/h4-6,8,10-11H,7,9H2,1-3H3;3-4,6,10,13H,5H2,1-2H3,(H2,9,11,12)/b;4-3-. The number of halogens is 2. The van der Waals surface area contributed by atoms with E-state index in [1.807, 2.05) is 6.92 Å². The van der Waals surface area contributed by atoms with E-state index in [-0.39, 0.29) is 30.1 Å². The van der Waals surface area contributed by atoms with Gasteiger partial charge in [-0.3, -0.25) is 9.59 Å². The molecule has 1 aromatic rings. The monoisotopic (exact) mass is 480 g/mol. The third-order valence-electron chi connectivity index (χ3n) is 4.50. The third-order valence-corrected chi connectivity index (χ3v) is 4.50. The van der Waals surface area contributed by atoms with Crippen molar-refractivity contribution in [3.8, 4) is 5.75 Å². The summed E-state index contributed by atoms with van der Waals surface area (Å²) in [6.45, 7) is 10.1. The van der Waals surface area contributed by atoms with Crippen molar-refractivity contribution >= 4 is 18.2 Å². The molecule has 1 unspecified atom stereocenters. The Kier molecular flexibility index (Phi) is 11.4. The summed E-state index contributed by atoms with van der Waals surface area (Å²) in [6.07, 6.45) is 5.50. The number of amides is 2. The lowest BCUT2D eigenvalue weighted by molar-refractivity contribution is -0.126. The molecular formula is C24H34F2N4O4. The Morgan fingerprint density at radius 2 is 1.94 bits per heavy atom. The summed E-state index contributed by atoms with van der Waals surface area (Å²) >= 11 is 0. The maximum Gasteiger partial charge on any atom is 0.250 e. The second kappa shape index (κ2) is 13.4. The molecule has 0 aromatic heterocycles. The van der Waals surface area contributed by atoms with E-state index in [4.69, 9.17) is 10.5 Å². The van der Waals surface area contributed by atoms with E-state index in [1.165, 1.54) is 24.4 Å². The maximum atomic E-state index is 13.5. The van der Waals surface area contributed by atoms with Gasteiger partial charge in [0.2, 0.25) is 6.41 Å². The van der Waals surface area contributed by atoms with Gasteiger partial charge in [0.1, 0.15) is 11.6 Å². The average Bonchev–Trinajstić information content (AvgIpc) is 3.08. The minimum absolute atomic E-state index is 0.0558. The molecule has 0 saturated carbocycles. The van der Waals surface area contributed by atoms with Crippen LogP contribution in [0.2, 0.25) is 0 Å². The number of hydrogen-bond donors (Lipinski definition) is 3. The highest BCUT2D eigenvalue weighted by atomic mass is 19.1. The first-order valence-corrected chi connectivity index (χ1v) is 10.9. The fourth-order valence-electron chi connectivity index (χ4n) is 3.02. The van der Waals surface area contributed by atoms with Crippen molar-refractivity contribution in [2.75, 3.05) is 13.1 Å². The van der Waals surface area contributed by atoms with Crippen molar-refractivity contribution in [3.05, 3.63) is 53.9 Å². The fraction of sp³-hybridized carbons (Fsp3) is 0.458. The number of benzene rings is 1. The Morgan fingerprint density at radius 3 is 2.47 bits per heavy atom. The van der Waals surface area contributed by atoms with Crippen LogP contribution in [0.4, 0.5) is 8.78 Å². The molecule has 2 rings (SSSR count). The summed E-state index contributed by atoms with van der Waals surface area (Å²) in [5.74, 6) is -1.36. The van der Waals surface area contributed by atoms with Crippen molar-refractivity contribution in [2.24, 2.45) is 16.6 Å². The normalized spacial score (nSPS) is 15.2. The second-order valence-electron chi connectivity index (χ2n) is 8.89. The Labute approximate surface area is 199 Å². The molecule has 34 heavy (non-hydrogen) atoms. The largest absolute Gasteiger partial charge is 0.453 e. The number of nitrogens with two attached hydrogens (primary N) is 1. The zero-order valence-electron chi connectivity index (χ0n) is 20.2. The van der Waals surface area contributed by atoms with Crippen LogP contribution in [0.25, 0.3) is 0 Å². The molecule has 0 radical (unpaired) electrons. The van der Waals surface area contributed by atoms with Gasteiger partial charge in [-0.15, -0.1) is 0 Å². The fourth-order valence-corrected chi connectivity index (χ4v) is 3.02. The number of nitrogens with zero attached hydrogens (tertiary/aromatic N) is 2. The van der Waals surface area contributed by atoms with E-state index in [0.717, 1.165) is 18.6 Å². The molecular weight excluding hydrogens is 446 g/mol. The van der Waals surface area contributed by atoms with Gasteiger partial charge >= 0.3 is 0 Å². The van der Waals surface area contributed by atoms with Crippen molar-refractivity contribution in [3.63, 3.8) is 0 Å². The van der Waals surface area contributed by atoms with Gasteiger partial charge in [0.25, 0.3) is 5.91 Å². The molecule has 1 aliphatic rings. The van der Waals surface area contributed by atoms with Gasteiger partial charge in [-0.25, -0.2) is 8.78 Å². The Bertz CT molecular complexity index is 904. The van der Waals surface area contributed by atoms with Gasteiger partial charge in [0, 0.05) is 24.9 Å². The third kappa shape index (κ3) is 10.6. The SMILES string of the molecule is CC(C)(O)CN/C=C\C(N)=NC=O.CC(C)CC(C)N1CC(Oc2c(F)cccc2F)=CC1=O. The van der Waals surface area contributed by atoms with E-state index in [9.17, 15) is 23.5 Å². The van der Waals surface area contributed by atoms with Crippen LogP contribution in [0.1, 0.15) is 41.0 Å². The van der Waals surface area contributed by atoms with Crippen LogP contribution >= 0.6 is 0 Å². The molecule has 0 fully saturated rings. The van der Waals surface area contributed by atoms with Crippen LogP contribution in [0.3, 0.4) is 0 Å². The van der Waals surface area contributed by atoms with Gasteiger partial charge in [-0.05, 0) is 51.3 Å². The van der Waals surface area contributed by atoms with Crippen LogP contribution in [-0.2, 0) is 9.59 Å². The maximum absolute atomic E-state index is 13.5. The van der Waals surface area contributed by atoms with Crippen LogP contribution in [-0.4, -0.2) is 52.9 Å². The minimum atomic E-state index is -0.781. The zero-order valence-corrected chi connectivity index (χ0v) is 20.2. The number of aliphatic imine (C=N–C) groups is 1. The topological polar surface area (TPSA) is 117 Å². The molecule has 188 valence electrons. The number of amidine groups is 1. The second-order valence-corrected chi connectivity index (χ2v) is 8.89. The zero-order chi connectivity index (χ0) is 25.9. The quantitative estimate of drug-likeness (QED) is 0.269. The van der Waals surface area contributed by atoms with Crippen LogP contribution in [0.15, 0.2) is 47.3 Å². The Morgan fingerprint density at radius 1 is 1.32 bits per heavy atom. The lowest BCUT2D eigenvalue weighted by Crippen LogP contribution is -2.36. The molecule has 1 aliphatic heterocycles. The number of carbonyl (C=O) groups is 2. The summed E-state index contributed by atoms with van der Waals surface area (Å²) < 4.78 is 32.3. The summed E-state index contributed by atoms with van der Waals surface area (Å²) in [5, 5.41) is 12.1. The molecule has 1 atom stereocenters. The predicted molar refractivity (Wildman–Crippen MR) is 127 cm³/mol. The van der Waals surface area contributed by atoms with E-state index in [0.29, 0.717) is 18.9 Å². The van der Waals surface area contributed by atoms with Gasteiger partial charge < -0.3 is 25.8 Å². The van der Waals surface area contributed by atoms with Crippen molar-refractivity contribution < 1.29 is 28.2 Å². The Balaban J connectivity index is 0.000000385. The molecule has 2 amide bonds.